The fourth-order valence-corrected chi connectivity index (χ4v) is 2.04. The molecule has 104 valence electrons. The van der Waals surface area contributed by atoms with Gasteiger partial charge in [-0.3, -0.25) is 9.98 Å². The van der Waals surface area contributed by atoms with Crippen LogP contribution in [0.25, 0.3) is 0 Å². The lowest BCUT2D eigenvalue weighted by Gasteiger charge is -2.25. The van der Waals surface area contributed by atoms with E-state index in [9.17, 15) is 4.79 Å². The molecule has 1 aromatic rings. The van der Waals surface area contributed by atoms with Gasteiger partial charge in [-0.2, -0.15) is 0 Å². The number of hydrogen-bond donors (Lipinski definition) is 1. The van der Waals surface area contributed by atoms with Gasteiger partial charge in [0.1, 0.15) is 11.7 Å². The van der Waals surface area contributed by atoms with Gasteiger partial charge in [0.2, 0.25) is 0 Å². The molecule has 0 saturated heterocycles. The SMILES string of the molecule is C=C(C)C1N=C(c2ccccn2)NC(C)=C1C(=O)OC. The second kappa shape index (κ2) is 5.69. The summed E-state index contributed by atoms with van der Waals surface area (Å²) < 4.78 is 4.82. The molecule has 1 aromatic heterocycles. The third kappa shape index (κ3) is 2.61. The van der Waals surface area contributed by atoms with E-state index in [1.807, 2.05) is 32.0 Å². The monoisotopic (exact) mass is 271 g/mol. The summed E-state index contributed by atoms with van der Waals surface area (Å²) >= 11 is 0. The van der Waals surface area contributed by atoms with Gasteiger partial charge >= 0.3 is 5.97 Å². The Bertz CT molecular complexity index is 603. The molecule has 2 heterocycles. The van der Waals surface area contributed by atoms with Crippen LogP contribution in [0, 0.1) is 0 Å². The van der Waals surface area contributed by atoms with Crippen molar-refractivity contribution < 1.29 is 9.53 Å². The summed E-state index contributed by atoms with van der Waals surface area (Å²) in [6.45, 7) is 7.57. The Morgan fingerprint density at radius 3 is 2.75 bits per heavy atom. The van der Waals surface area contributed by atoms with E-state index in [4.69, 9.17) is 4.74 Å². The summed E-state index contributed by atoms with van der Waals surface area (Å²) in [5, 5.41) is 3.11. The highest BCUT2D eigenvalue weighted by molar-refractivity contribution is 6.02. The third-order valence-corrected chi connectivity index (χ3v) is 3.02. The van der Waals surface area contributed by atoms with Crippen LogP contribution in [0.3, 0.4) is 0 Å². The molecule has 0 aromatic carbocycles. The Kier molecular flexibility index (Phi) is 3.98. The van der Waals surface area contributed by atoms with Crippen molar-refractivity contribution in [1.82, 2.24) is 10.3 Å². The van der Waals surface area contributed by atoms with Gasteiger partial charge < -0.3 is 10.1 Å². The number of carbonyl (C=O) groups excluding carboxylic acids is 1. The number of nitrogens with one attached hydrogen (secondary N) is 1. The first-order chi connectivity index (χ1) is 9.54. The van der Waals surface area contributed by atoms with Crippen molar-refractivity contribution in [2.45, 2.75) is 19.9 Å². The molecule has 0 saturated carbocycles. The number of aliphatic imine (C=N–C) groups is 1. The van der Waals surface area contributed by atoms with Crippen LogP contribution in [0.2, 0.25) is 0 Å². The molecule has 0 spiro atoms. The number of nitrogens with zero attached hydrogens (tertiary/aromatic N) is 2. The standard InChI is InChI=1S/C15H17N3O2/c1-9(2)13-12(15(19)20-4)10(3)17-14(18-13)11-7-5-6-8-16-11/h5-8,13H,1H2,2-4H3,(H,17,18). The number of allylic oxidation sites excluding steroid dienone is 1. The normalized spacial score (nSPS) is 18.1. The summed E-state index contributed by atoms with van der Waals surface area (Å²) in [6.07, 6.45) is 1.70. The minimum atomic E-state index is -0.416. The Morgan fingerprint density at radius 2 is 2.20 bits per heavy atom. The number of rotatable bonds is 3. The second-order valence-electron chi connectivity index (χ2n) is 4.60. The Hall–Kier alpha value is -2.43. The van der Waals surface area contributed by atoms with E-state index >= 15 is 0 Å². The van der Waals surface area contributed by atoms with E-state index < -0.39 is 12.0 Å². The van der Waals surface area contributed by atoms with Gasteiger partial charge in [-0.25, -0.2) is 4.79 Å². The highest BCUT2D eigenvalue weighted by Gasteiger charge is 2.29. The van der Waals surface area contributed by atoms with Gasteiger partial charge in [-0.15, -0.1) is 0 Å². The number of carbonyl (C=O) groups is 1. The topological polar surface area (TPSA) is 63.6 Å². The maximum atomic E-state index is 11.9. The molecule has 0 radical (unpaired) electrons. The quantitative estimate of drug-likeness (QED) is 0.673. The van der Waals surface area contributed by atoms with Crippen LogP contribution < -0.4 is 5.32 Å². The Morgan fingerprint density at radius 1 is 1.45 bits per heavy atom. The number of methoxy groups -OCH3 is 1. The predicted octanol–water partition coefficient (Wildman–Crippen LogP) is 1.82. The van der Waals surface area contributed by atoms with Crippen molar-refractivity contribution in [3.63, 3.8) is 0 Å². The summed E-state index contributed by atoms with van der Waals surface area (Å²) in [5.74, 6) is 0.232. The van der Waals surface area contributed by atoms with E-state index in [0.717, 1.165) is 11.3 Å². The number of ether oxygens (including phenoxy) is 1. The van der Waals surface area contributed by atoms with E-state index in [-0.39, 0.29) is 0 Å². The average molecular weight is 271 g/mol. The molecule has 5 nitrogen and oxygen atoms in total. The van der Waals surface area contributed by atoms with E-state index in [0.29, 0.717) is 17.1 Å². The Balaban J connectivity index is 2.44. The third-order valence-electron chi connectivity index (χ3n) is 3.02. The lowest BCUT2D eigenvalue weighted by Crippen LogP contribution is -2.36. The van der Waals surface area contributed by atoms with Crippen molar-refractivity contribution in [1.29, 1.82) is 0 Å². The van der Waals surface area contributed by atoms with Crippen molar-refractivity contribution in [3.05, 3.63) is 53.5 Å². The summed E-state index contributed by atoms with van der Waals surface area (Å²) in [5.41, 5.74) is 2.70. The van der Waals surface area contributed by atoms with Crippen LogP contribution in [0.15, 0.2) is 52.8 Å². The molecule has 1 aliphatic heterocycles. The lowest BCUT2D eigenvalue weighted by atomic mass is 9.98. The molecule has 0 aliphatic carbocycles. The fourth-order valence-electron chi connectivity index (χ4n) is 2.04. The number of esters is 1. The molecule has 1 N–H and O–H groups in total. The maximum Gasteiger partial charge on any atom is 0.338 e. The van der Waals surface area contributed by atoms with Gasteiger partial charge in [0.25, 0.3) is 0 Å². The largest absolute Gasteiger partial charge is 0.466 e. The van der Waals surface area contributed by atoms with Crippen LogP contribution in [0.4, 0.5) is 0 Å². The fraction of sp³-hybridized carbons (Fsp3) is 0.267. The highest BCUT2D eigenvalue weighted by Crippen LogP contribution is 2.23. The number of aromatic nitrogens is 1. The second-order valence-corrected chi connectivity index (χ2v) is 4.60. The van der Waals surface area contributed by atoms with Gasteiger partial charge in [0.15, 0.2) is 5.84 Å². The summed E-state index contributed by atoms with van der Waals surface area (Å²) in [7, 11) is 1.36. The van der Waals surface area contributed by atoms with Gasteiger partial charge in [-0.1, -0.05) is 18.2 Å². The molecule has 0 bridgehead atoms. The minimum Gasteiger partial charge on any atom is -0.466 e. The minimum absolute atomic E-state index is 0.396. The molecule has 0 amide bonds. The molecule has 20 heavy (non-hydrogen) atoms. The van der Waals surface area contributed by atoms with Crippen molar-refractivity contribution in [2.24, 2.45) is 4.99 Å². The molecule has 5 heteroatoms. The highest BCUT2D eigenvalue weighted by atomic mass is 16.5. The first-order valence-corrected chi connectivity index (χ1v) is 6.25. The zero-order valence-electron chi connectivity index (χ0n) is 11.8. The van der Waals surface area contributed by atoms with E-state index in [2.05, 4.69) is 21.9 Å². The molecular formula is C15H17N3O2. The van der Waals surface area contributed by atoms with E-state index in [1.165, 1.54) is 7.11 Å². The maximum absolute atomic E-state index is 11.9. The molecule has 1 atom stereocenters. The molecular weight excluding hydrogens is 254 g/mol. The first-order valence-electron chi connectivity index (χ1n) is 6.25. The van der Waals surface area contributed by atoms with Gasteiger partial charge in [0, 0.05) is 11.9 Å². The molecule has 1 aliphatic rings. The average Bonchev–Trinajstić information content (AvgIpc) is 2.46. The Labute approximate surface area is 118 Å². The van der Waals surface area contributed by atoms with E-state index in [1.54, 1.807) is 6.20 Å². The molecule has 0 fully saturated rings. The zero-order chi connectivity index (χ0) is 14.7. The lowest BCUT2D eigenvalue weighted by molar-refractivity contribution is -0.136. The van der Waals surface area contributed by atoms with Crippen molar-refractivity contribution in [2.75, 3.05) is 7.11 Å². The van der Waals surface area contributed by atoms with Crippen molar-refractivity contribution in [3.8, 4) is 0 Å². The van der Waals surface area contributed by atoms with Crippen LogP contribution in [-0.4, -0.2) is 29.9 Å². The zero-order valence-corrected chi connectivity index (χ0v) is 11.8. The van der Waals surface area contributed by atoms with Crippen LogP contribution in [0.1, 0.15) is 19.5 Å². The van der Waals surface area contributed by atoms with Gasteiger partial charge in [-0.05, 0) is 26.0 Å². The van der Waals surface area contributed by atoms with Crippen molar-refractivity contribution >= 4 is 11.8 Å². The van der Waals surface area contributed by atoms with Crippen LogP contribution in [-0.2, 0) is 9.53 Å². The molecule has 2 rings (SSSR count). The van der Waals surface area contributed by atoms with Gasteiger partial charge in [0.05, 0.1) is 12.7 Å². The van der Waals surface area contributed by atoms with Crippen LogP contribution >= 0.6 is 0 Å². The smallest absolute Gasteiger partial charge is 0.338 e. The first kappa shape index (κ1) is 14.0. The summed E-state index contributed by atoms with van der Waals surface area (Å²) in [4.78, 5) is 20.7. The number of amidine groups is 1. The summed E-state index contributed by atoms with van der Waals surface area (Å²) in [6, 6.07) is 5.17. The molecule has 1 unspecified atom stereocenters. The number of pyridine rings is 1. The van der Waals surface area contributed by atoms with Crippen LogP contribution in [0.5, 0.6) is 0 Å². The number of hydrogen-bond acceptors (Lipinski definition) is 5. The predicted molar refractivity (Wildman–Crippen MR) is 77.2 cm³/mol.